The monoisotopic (exact) mass is 344 g/mol. The normalized spacial score (nSPS) is 19.3. The van der Waals surface area contributed by atoms with E-state index < -0.39 is 0 Å². The van der Waals surface area contributed by atoms with E-state index in [4.69, 9.17) is 11.6 Å². The Morgan fingerprint density at radius 2 is 2.32 bits per heavy atom. The molecule has 2 nitrogen and oxygen atoms in total. The summed E-state index contributed by atoms with van der Waals surface area (Å²) in [7, 11) is 0. The summed E-state index contributed by atoms with van der Waals surface area (Å²) in [6.07, 6.45) is 3.81. The van der Waals surface area contributed by atoms with Crippen molar-refractivity contribution >= 4 is 27.5 Å². The van der Waals surface area contributed by atoms with Crippen molar-refractivity contribution in [2.75, 3.05) is 19.6 Å². The van der Waals surface area contributed by atoms with Gasteiger partial charge in [0.1, 0.15) is 0 Å². The minimum absolute atomic E-state index is 0.664. The Morgan fingerprint density at radius 3 is 2.95 bits per heavy atom. The van der Waals surface area contributed by atoms with Gasteiger partial charge in [0.2, 0.25) is 0 Å². The van der Waals surface area contributed by atoms with E-state index in [0.29, 0.717) is 6.04 Å². The minimum Gasteiger partial charge on any atom is -0.313 e. The molecule has 0 spiro atoms. The van der Waals surface area contributed by atoms with E-state index in [9.17, 15) is 0 Å². The second-order valence-corrected chi connectivity index (χ2v) is 6.55. The Hall–Kier alpha value is -0.0900. The number of hydrogen-bond acceptors (Lipinski definition) is 2. The highest BCUT2D eigenvalue weighted by atomic mass is 79.9. The number of benzene rings is 1. The van der Waals surface area contributed by atoms with Crippen LogP contribution in [0, 0.1) is 0 Å². The summed E-state index contributed by atoms with van der Waals surface area (Å²) >= 11 is 9.61. The molecule has 1 aliphatic heterocycles. The van der Waals surface area contributed by atoms with E-state index >= 15 is 0 Å². The van der Waals surface area contributed by atoms with Gasteiger partial charge in [0.25, 0.3) is 0 Å². The smallest absolute Gasteiger partial charge is 0.0417 e. The molecule has 1 heterocycles. The van der Waals surface area contributed by atoms with E-state index in [2.05, 4.69) is 39.1 Å². The molecule has 4 heteroatoms. The highest BCUT2D eigenvalue weighted by molar-refractivity contribution is 9.10. The van der Waals surface area contributed by atoms with Crippen molar-refractivity contribution in [3.8, 4) is 0 Å². The van der Waals surface area contributed by atoms with Gasteiger partial charge >= 0.3 is 0 Å². The first-order chi connectivity index (χ1) is 9.19. The van der Waals surface area contributed by atoms with Gasteiger partial charge in [-0.3, -0.25) is 4.90 Å². The fourth-order valence-corrected chi connectivity index (χ4v) is 3.47. The quantitative estimate of drug-likeness (QED) is 0.836. The highest BCUT2D eigenvalue weighted by Gasteiger charge is 2.18. The molecule has 19 heavy (non-hydrogen) atoms. The summed E-state index contributed by atoms with van der Waals surface area (Å²) < 4.78 is 1.11. The first kappa shape index (κ1) is 15.3. The maximum absolute atomic E-state index is 6.00. The average molecular weight is 346 g/mol. The third kappa shape index (κ3) is 4.75. The molecule has 0 aliphatic carbocycles. The molecule has 1 fully saturated rings. The molecule has 0 radical (unpaired) electrons. The second-order valence-electron chi connectivity index (χ2n) is 5.26. The van der Waals surface area contributed by atoms with Gasteiger partial charge in [-0.25, -0.2) is 0 Å². The van der Waals surface area contributed by atoms with E-state index in [0.717, 1.165) is 29.1 Å². The fourth-order valence-electron chi connectivity index (χ4n) is 2.67. The highest BCUT2D eigenvalue weighted by Crippen LogP contribution is 2.23. The van der Waals surface area contributed by atoms with Crippen molar-refractivity contribution in [1.82, 2.24) is 10.2 Å². The molecule has 106 valence electrons. The number of halogens is 2. The van der Waals surface area contributed by atoms with E-state index in [1.54, 1.807) is 0 Å². The fraction of sp³-hybridized carbons (Fsp3) is 0.600. The lowest BCUT2D eigenvalue weighted by Crippen LogP contribution is -2.37. The van der Waals surface area contributed by atoms with Crippen molar-refractivity contribution in [1.29, 1.82) is 0 Å². The van der Waals surface area contributed by atoms with Crippen LogP contribution in [0.5, 0.6) is 0 Å². The molecule has 0 amide bonds. The first-order valence-corrected chi connectivity index (χ1v) is 8.26. The van der Waals surface area contributed by atoms with Crippen LogP contribution in [0.25, 0.3) is 0 Å². The van der Waals surface area contributed by atoms with Crippen LogP contribution in [-0.4, -0.2) is 30.6 Å². The van der Waals surface area contributed by atoms with Crippen LogP contribution >= 0.6 is 27.5 Å². The van der Waals surface area contributed by atoms with Crippen LogP contribution in [0.2, 0.25) is 5.02 Å². The van der Waals surface area contributed by atoms with Gasteiger partial charge in [-0.05, 0) is 50.0 Å². The molecule has 1 atom stereocenters. The summed E-state index contributed by atoms with van der Waals surface area (Å²) in [5.41, 5.74) is 1.32. The first-order valence-electron chi connectivity index (χ1n) is 7.08. The van der Waals surface area contributed by atoms with Crippen molar-refractivity contribution in [2.24, 2.45) is 0 Å². The van der Waals surface area contributed by atoms with Gasteiger partial charge in [0.05, 0.1) is 0 Å². The maximum atomic E-state index is 6.00. The lowest BCUT2D eigenvalue weighted by Gasteiger charge is -2.25. The molecule has 1 N–H and O–H groups in total. The Kier molecular flexibility index (Phi) is 6.14. The van der Waals surface area contributed by atoms with Crippen LogP contribution in [0.1, 0.15) is 31.7 Å². The third-order valence-electron chi connectivity index (χ3n) is 3.59. The van der Waals surface area contributed by atoms with Gasteiger partial charge in [-0.2, -0.15) is 0 Å². The van der Waals surface area contributed by atoms with E-state index in [1.165, 1.54) is 31.4 Å². The SMILES string of the molecule is CCCN(Cc1ccc(Cl)cc1Br)CC1CCCN1. The number of nitrogens with one attached hydrogen (secondary N) is 1. The maximum Gasteiger partial charge on any atom is 0.0417 e. The Balaban J connectivity index is 1.98. The summed E-state index contributed by atoms with van der Waals surface area (Å²) in [5, 5.41) is 4.37. The Morgan fingerprint density at radius 1 is 1.47 bits per heavy atom. The summed E-state index contributed by atoms with van der Waals surface area (Å²) in [5.74, 6) is 0. The number of hydrogen-bond donors (Lipinski definition) is 1. The Labute approximate surface area is 129 Å². The molecule has 0 aromatic heterocycles. The zero-order valence-corrected chi connectivity index (χ0v) is 13.8. The zero-order chi connectivity index (χ0) is 13.7. The van der Waals surface area contributed by atoms with Crippen molar-refractivity contribution in [3.05, 3.63) is 33.3 Å². The molecular formula is C15H22BrClN2. The predicted octanol–water partition coefficient (Wildman–Crippen LogP) is 4.07. The molecule has 0 saturated carbocycles. The summed E-state index contributed by atoms with van der Waals surface area (Å²) in [6, 6.07) is 6.74. The van der Waals surface area contributed by atoms with Gasteiger partial charge in [0.15, 0.2) is 0 Å². The lowest BCUT2D eigenvalue weighted by molar-refractivity contribution is 0.241. The second kappa shape index (κ2) is 7.63. The van der Waals surface area contributed by atoms with Crippen molar-refractivity contribution in [2.45, 2.75) is 38.8 Å². The Bertz CT molecular complexity index is 405. The third-order valence-corrected chi connectivity index (χ3v) is 4.56. The molecule has 1 unspecified atom stereocenters. The van der Waals surface area contributed by atoms with Crippen LogP contribution in [0.15, 0.2) is 22.7 Å². The minimum atomic E-state index is 0.664. The van der Waals surface area contributed by atoms with E-state index in [1.807, 2.05) is 12.1 Å². The molecule has 2 rings (SSSR count). The number of nitrogens with zero attached hydrogens (tertiary/aromatic N) is 1. The van der Waals surface area contributed by atoms with Crippen LogP contribution in [0.3, 0.4) is 0 Å². The topological polar surface area (TPSA) is 15.3 Å². The standard InChI is InChI=1S/C15H22BrClN2/c1-2-8-19(11-14-4-3-7-18-14)10-12-5-6-13(17)9-15(12)16/h5-6,9,14,18H,2-4,7-8,10-11H2,1H3. The predicted molar refractivity (Wildman–Crippen MR) is 85.7 cm³/mol. The van der Waals surface area contributed by atoms with Gasteiger partial charge < -0.3 is 5.32 Å². The van der Waals surface area contributed by atoms with E-state index in [-0.39, 0.29) is 0 Å². The lowest BCUT2D eigenvalue weighted by atomic mass is 10.1. The van der Waals surface area contributed by atoms with Gasteiger partial charge in [0, 0.05) is 28.6 Å². The molecule has 1 saturated heterocycles. The largest absolute Gasteiger partial charge is 0.313 e. The van der Waals surface area contributed by atoms with Gasteiger partial charge in [-0.1, -0.05) is 40.5 Å². The molecule has 1 aromatic carbocycles. The van der Waals surface area contributed by atoms with Crippen LogP contribution in [-0.2, 0) is 6.54 Å². The van der Waals surface area contributed by atoms with Crippen LogP contribution in [0.4, 0.5) is 0 Å². The van der Waals surface area contributed by atoms with Crippen LogP contribution < -0.4 is 5.32 Å². The molecule has 0 bridgehead atoms. The van der Waals surface area contributed by atoms with Crippen molar-refractivity contribution in [3.63, 3.8) is 0 Å². The summed E-state index contributed by atoms with van der Waals surface area (Å²) in [4.78, 5) is 2.54. The average Bonchev–Trinajstić information content (AvgIpc) is 2.86. The number of rotatable bonds is 6. The zero-order valence-electron chi connectivity index (χ0n) is 11.5. The summed E-state index contributed by atoms with van der Waals surface area (Å²) in [6.45, 7) is 6.70. The van der Waals surface area contributed by atoms with Gasteiger partial charge in [-0.15, -0.1) is 0 Å². The molecular weight excluding hydrogens is 324 g/mol. The van der Waals surface area contributed by atoms with Crippen molar-refractivity contribution < 1.29 is 0 Å². The molecule has 1 aromatic rings. The molecule has 1 aliphatic rings.